The van der Waals surface area contributed by atoms with Crippen LogP contribution in [0.4, 0.5) is 4.39 Å². The van der Waals surface area contributed by atoms with Crippen molar-refractivity contribution in [2.45, 2.75) is 0 Å². The van der Waals surface area contributed by atoms with Crippen molar-refractivity contribution in [3.8, 4) is 5.75 Å². The molecule has 0 saturated carbocycles. The van der Waals surface area contributed by atoms with E-state index in [-0.39, 0.29) is 11.9 Å². The van der Waals surface area contributed by atoms with Gasteiger partial charge >= 0.3 is 0 Å². The zero-order chi connectivity index (χ0) is 7.40. The third-order valence-corrected chi connectivity index (χ3v) is 1.14. The van der Waals surface area contributed by atoms with Crippen molar-refractivity contribution in [1.82, 2.24) is 0 Å². The van der Waals surface area contributed by atoms with Crippen LogP contribution in [-0.2, 0) is 0 Å². The Morgan fingerprint density at radius 1 is 1.30 bits per heavy atom. The number of hydrogen-bond acceptors (Lipinski definition) is 1. The lowest BCUT2D eigenvalue weighted by Gasteiger charge is -1.98. The molecular weight excluding hydrogens is 155 g/mol. The van der Waals surface area contributed by atoms with Gasteiger partial charge in [-0.2, -0.15) is 0 Å². The number of halogens is 2. The lowest BCUT2D eigenvalue weighted by molar-refractivity contribution is 0.387. The summed E-state index contributed by atoms with van der Waals surface area (Å²) < 4.78 is 17.1. The molecule has 0 atom stereocenters. The summed E-state index contributed by atoms with van der Waals surface area (Å²) in [6.07, 6.45) is 0. The minimum atomic E-state index is -0.276. The fourth-order valence-electron chi connectivity index (χ4n) is 0.594. The second kappa shape index (κ2) is 3.42. The highest BCUT2D eigenvalue weighted by Crippen LogP contribution is 2.10. The summed E-state index contributed by atoms with van der Waals surface area (Å²) in [5.41, 5.74) is 0. The molecule has 3 heteroatoms. The van der Waals surface area contributed by atoms with Crippen LogP contribution >= 0.6 is 11.6 Å². The zero-order valence-electron chi connectivity index (χ0n) is 5.18. The molecule has 0 fully saturated rings. The van der Waals surface area contributed by atoms with Gasteiger partial charge in [-0.1, -0.05) is 11.6 Å². The van der Waals surface area contributed by atoms with Crippen LogP contribution in [-0.4, -0.2) is 6.07 Å². The van der Waals surface area contributed by atoms with Crippen molar-refractivity contribution in [2.75, 3.05) is 6.07 Å². The predicted molar refractivity (Wildman–Crippen MR) is 37.7 cm³/mol. The number of hydrogen-bond donors (Lipinski definition) is 0. The van der Waals surface area contributed by atoms with Gasteiger partial charge in [-0.25, -0.2) is 4.39 Å². The third kappa shape index (κ3) is 1.88. The Kier molecular flexibility index (Phi) is 2.51. The van der Waals surface area contributed by atoms with Crippen molar-refractivity contribution in [3.05, 3.63) is 30.1 Å². The van der Waals surface area contributed by atoms with Gasteiger partial charge in [0, 0.05) is 0 Å². The van der Waals surface area contributed by atoms with E-state index in [2.05, 4.69) is 0 Å². The molecule has 54 valence electrons. The molecule has 0 aliphatic heterocycles. The number of rotatable bonds is 2. The molecule has 0 unspecified atom stereocenters. The number of alkyl halides is 1. The van der Waals surface area contributed by atoms with Gasteiger partial charge in [0.25, 0.3) is 0 Å². The van der Waals surface area contributed by atoms with Crippen LogP contribution in [0.25, 0.3) is 0 Å². The van der Waals surface area contributed by atoms with E-state index in [4.69, 9.17) is 16.3 Å². The number of benzene rings is 1. The minimum absolute atomic E-state index is 0.0889. The lowest BCUT2D eigenvalue weighted by atomic mass is 10.3. The van der Waals surface area contributed by atoms with Crippen molar-refractivity contribution in [3.63, 3.8) is 0 Å². The van der Waals surface area contributed by atoms with Crippen LogP contribution in [0.2, 0.25) is 0 Å². The van der Waals surface area contributed by atoms with Crippen molar-refractivity contribution in [2.24, 2.45) is 0 Å². The predicted octanol–water partition coefficient (Wildman–Crippen LogP) is 2.40. The fourth-order valence-corrected chi connectivity index (χ4v) is 0.720. The van der Waals surface area contributed by atoms with Gasteiger partial charge in [0.1, 0.15) is 11.6 Å². The average Bonchev–Trinajstić information content (AvgIpc) is 1.95. The highest BCUT2D eigenvalue weighted by atomic mass is 35.5. The molecule has 0 saturated heterocycles. The highest BCUT2D eigenvalue weighted by molar-refractivity contribution is 6.17. The third-order valence-electron chi connectivity index (χ3n) is 1.03. The van der Waals surface area contributed by atoms with Gasteiger partial charge in [0.2, 0.25) is 0 Å². The van der Waals surface area contributed by atoms with E-state index in [0.717, 1.165) is 0 Å². The monoisotopic (exact) mass is 160 g/mol. The maximum atomic E-state index is 12.2. The van der Waals surface area contributed by atoms with E-state index >= 15 is 0 Å². The Bertz CT molecular complexity index is 197. The molecule has 0 aromatic heterocycles. The van der Waals surface area contributed by atoms with E-state index < -0.39 is 0 Å². The molecular formula is C7H6ClFO. The summed E-state index contributed by atoms with van der Waals surface area (Å²) in [6.45, 7) is 0. The van der Waals surface area contributed by atoms with Gasteiger partial charge in [-0.05, 0) is 24.3 Å². The quantitative estimate of drug-likeness (QED) is 0.604. The van der Waals surface area contributed by atoms with E-state index in [1.165, 1.54) is 24.3 Å². The Hall–Kier alpha value is -0.760. The summed E-state index contributed by atoms with van der Waals surface area (Å²) in [6, 6.07) is 5.78. The van der Waals surface area contributed by atoms with Gasteiger partial charge in [-0.3, -0.25) is 0 Å². The number of ether oxygens (including phenoxy) is 1. The minimum Gasteiger partial charge on any atom is -0.478 e. The SMILES string of the molecule is Fc1ccc(OCCl)cc1. The second-order valence-corrected chi connectivity index (χ2v) is 1.93. The van der Waals surface area contributed by atoms with Crippen molar-refractivity contribution >= 4 is 11.6 Å². The molecule has 0 aliphatic carbocycles. The molecule has 1 aromatic carbocycles. The van der Waals surface area contributed by atoms with Gasteiger partial charge in [0.05, 0.1) is 0 Å². The maximum absolute atomic E-state index is 12.2. The first kappa shape index (κ1) is 7.35. The van der Waals surface area contributed by atoms with Crippen LogP contribution in [0.5, 0.6) is 5.75 Å². The molecule has 0 heterocycles. The van der Waals surface area contributed by atoms with Crippen LogP contribution in [0.1, 0.15) is 0 Å². The van der Waals surface area contributed by atoms with E-state index in [1.807, 2.05) is 0 Å². The molecule has 0 spiro atoms. The zero-order valence-corrected chi connectivity index (χ0v) is 5.94. The molecule has 10 heavy (non-hydrogen) atoms. The summed E-state index contributed by atoms with van der Waals surface area (Å²) in [7, 11) is 0. The first-order chi connectivity index (χ1) is 4.83. The molecule has 0 bridgehead atoms. The molecule has 1 nitrogen and oxygen atoms in total. The molecule has 0 amide bonds. The summed E-state index contributed by atoms with van der Waals surface area (Å²) in [4.78, 5) is 0. The molecule has 1 rings (SSSR count). The van der Waals surface area contributed by atoms with Crippen molar-refractivity contribution in [1.29, 1.82) is 0 Å². The van der Waals surface area contributed by atoms with Crippen LogP contribution in [0, 0.1) is 5.82 Å². The van der Waals surface area contributed by atoms with Gasteiger partial charge in [-0.15, -0.1) is 0 Å². The molecule has 0 N–H and O–H groups in total. The Balaban J connectivity index is 2.69. The largest absolute Gasteiger partial charge is 0.478 e. The van der Waals surface area contributed by atoms with Crippen molar-refractivity contribution < 1.29 is 9.13 Å². The Morgan fingerprint density at radius 2 is 1.90 bits per heavy atom. The Morgan fingerprint density at radius 3 is 2.40 bits per heavy atom. The fraction of sp³-hybridized carbons (Fsp3) is 0.143. The normalized spacial score (nSPS) is 9.40. The van der Waals surface area contributed by atoms with Gasteiger partial charge in [0.15, 0.2) is 6.07 Å². The van der Waals surface area contributed by atoms with E-state index in [0.29, 0.717) is 5.75 Å². The molecule has 0 radical (unpaired) electrons. The van der Waals surface area contributed by atoms with Crippen LogP contribution in [0.3, 0.4) is 0 Å². The first-order valence-corrected chi connectivity index (χ1v) is 3.30. The highest BCUT2D eigenvalue weighted by Gasteiger charge is 1.90. The second-order valence-electron chi connectivity index (χ2n) is 1.71. The molecule has 1 aromatic rings. The first-order valence-electron chi connectivity index (χ1n) is 2.77. The Labute approximate surface area is 63.4 Å². The van der Waals surface area contributed by atoms with Crippen LogP contribution < -0.4 is 4.74 Å². The lowest BCUT2D eigenvalue weighted by Crippen LogP contribution is -1.87. The maximum Gasteiger partial charge on any atom is 0.162 e. The summed E-state index contributed by atoms with van der Waals surface area (Å²) in [5, 5.41) is 0. The van der Waals surface area contributed by atoms with E-state index in [9.17, 15) is 4.39 Å². The van der Waals surface area contributed by atoms with Crippen LogP contribution in [0.15, 0.2) is 24.3 Å². The molecule has 0 aliphatic rings. The smallest absolute Gasteiger partial charge is 0.162 e. The van der Waals surface area contributed by atoms with Gasteiger partial charge < -0.3 is 4.74 Å². The van der Waals surface area contributed by atoms with E-state index in [1.54, 1.807) is 0 Å². The topological polar surface area (TPSA) is 9.23 Å². The average molecular weight is 161 g/mol. The standard InChI is InChI=1S/C7H6ClFO/c8-5-10-7-3-1-6(9)2-4-7/h1-4H,5H2. The summed E-state index contributed by atoms with van der Waals surface area (Å²) >= 11 is 5.26. The summed E-state index contributed by atoms with van der Waals surface area (Å²) in [5.74, 6) is 0.304.